The third-order valence-corrected chi connectivity index (χ3v) is 3.72. The van der Waals surface area contributed by atoms with Crippen molar-refractivity contribution >= 4 is 23.3 Å². The SMILES string of the molecule is CCOC(=O)C1=C(C)NC(=S)N[C@@H]1c1ccc(C)cc1C. The highest BCUT2D eigenvalue weighted by Gasteiger charge is 2.31. The highest BCUT2D eigenvalue weighted by atomic mass is 32.1. The molecular formula is C16H20N2O2S. The molecule has 0 radical (unpaired) electrons. The Balaban J connectivity index is 2.49. The molecule has 0 saturated carbocycles. The van der Waals surface area contributed by atoms with Crippen LogP contribution in [0.3, 0.4) is 0 Å². The average molecular weight is 304 g/mol. The van der Waals surface area contributed by atoms with Gasteiger partial charge in [0.1, 0.15) is 0 Å². The molecule has 2 N–H and O–H groups in total. The van der Waals surface area contributed by atoms with E-state index in [0.717, 1.165) is 16.8 Å². The molecule has 0 saturated heterocycles. The van der Waals surface area contributed by atoms with Crippen LogP contribution in [-0.4, -0.2) is 17.7 Å². The first kappa shape index (κ1) is 15.5. The summed E-state index contributed by atoms with van der Waals surface area (Å²) in [4.78, 5) is 12.3. The number of carbonyl (C=O) groups excluding carboxylic acids is 1. The van der Waals surface area contributed by atoms with E-state index in [2.05, 4.69) is 16.7 Å². The molecule has 2 rings (SSSR count). The molecule has 0 bridgehead atoms. The summed E-state index contributed by atoms with van der Waals surface area (Å²) in [6, 6.07) is 5.88. The van der Waals surface area contributed by atoms with Gasteiger partial charge in [0.2, 0.25) is 0 Å². The number of hydrogen-bond acceptors (Lipinski definition) is 3. The Kier molecular flexibility index (Phi) is 4.63. The van der Waals surface area contributed by atoms with Crippen LogP contribution in [0.2, 0.25) is 0 Å². The molecule has 0 spiro atoms. The second-order valence-electron chi connectivity index (χ2n) is 5.15. The summed E-state index contributed by atoms with van der Waals surface area (Å²) in [5, 5.41) is 6.69. The van der Waals surface area contributed by atoms with Gasteiger partial charge in [-0.1, -0.05) is 23.8 Å². The fourth-order valence-electron chi connectivity index (χ4n) is 2.56. The van der Waals surface area contributed by atoms with Crippen LogP contribution < -0.4 is 10.6 Å². The topological polar surface area (TPSA) is 50.4 Å². The lowest BCUT2D eigenvalue weighted by Gasteiger charge is -2.30. The van der Waals surface area contributed by atoms with Gasteiger partial charge in [-0.25, -0.2) is 4.79 Å². The molecule has 0 unspecified atom stereocenters. The molecule has 1 aliphatic heterocycles. The number of hydrogen-bond donors (Lipinski definition) is 2. The first-order valence-electron chi connectivity index (χ1n) is 6.96. The van der Waals surface area contributed by atoms with E-state index in [1.54, 1.807) is 6.92 Å². The van der Waals surface area contributed by atoms with Gasteiger partial charge in [0.25, 0.3) is 0 Å². The maximum atomic E-state index is 12.3. The molecule has 0 aromatic heterocycles. The molecule has 1 heterocycles. The average Bonchev–Trinajstić information content (AvgIpc) is 2.37. The first-order chi connectivity index (χ1) is 9.93. The summed E-state index contributed by atoms with van der Waals surface area (Å²) >= 11 is 5.22. The number of ether oxygens (including phenoxy) is 1. The van der Waals surface area contributed by atoms with Crippen molar-refractivity contribution in [2.75, 3.05) is 6.61 Å². The van der Waals surface area contributed by atoms with Crippen molar-refractivity contribution < 1.29 is 9.53 Å². The lowest BCUT2D eigenvalue weighted by atomic mass is 9.91. The Hall–Kier alpha value is -1.88. The third kappa shape index (κ3) is 3.24. The van der Waals surface area contributed by atoms with Crippen molar-refractivity contribution in [3.05, 3.63) is 46.2 Å². The normalized spacial score (nSPS) is 18.1. The summed E-state index contributed by atoms with van der Waals surface area (Å²) in [5.41, 5.74) is 4.66. The van der Waals surface area contributed by atoms with Crippen LogP contribution in [0.15, 0.2) is 29.5 Å². The van der Waals surface area contributed by atoms with Crippen LogP contribution >= 0.6 is 12.2 Å². The fraction of sp³-hybridized carbons (Fsp3) is 0.375. The fourth-order valence-corrected chi connectivity index (χ4v) is 2.83. The van der Waals surface area contributed by atoms with Crippen LogP contribution in [-0.2, 0) is 9.53 Å². The van der Waals surface area contributed by atoms with Gasteiger partial charge in [-0.15, -0.1) is 0 Å². The van der Waals surface area contributed by atoms with E-state index in [9.17, 15) is 4.79 Å². The van der Waals surface area contributed by atoms with Gasteiger partial charge in [-0.3, -0.25) is 0 Å². The van der Waals surface area contributed by atoms with E-state index in [1.165, 1.54) is 5.56 Å². The molecule has 112 valence electrons. The lowest BCUT2D eigenvalue weighted by Crippen LogP contribution is -2.45. The second kappa shape index (κ2) is 6.26. The minimum Gasteiger partial charge on any atom is -0.463 e. The van der Waals surface area contributed by atoms with Crippen molar-refractivity contribution in [1.82, 2.24) is 10.6 Å². The van der Waals surface area contributed by atoms with Crippen molar-refractivity contribution in [3.8, 4) is 0 Å². The van der Waals surface area contributed by atoms with E-state index in [1.807, 2.05) is 32.9 Å². The van der Waals surface area contributed by atoms with Crippen molar-refractivity contribution in [2.45, 2.75) is 33.7 Å². The molecule has 1 aliphatic rings. The van der Waals surface area contributed by atoms with E-state index in [-0.39, 0.29) is 12.0 Å². The summed E-state index contributed by atoms with van der Waals surface area (Å²) in [6.07, 6.45) is 0. The third-order valence-electron chi connectivity index (χ3n) is 3.50. The summed E-state index contributed by atoms with van der Waals surface area (Å²) < 4.78 is 5.18. The largest absolute Gasteiger partial charge is 0.463 e. The minimum absolute atomic E-state index is 0.279. The second-order valence-corrected chi connectivity index (χ2v) is 5.56. The Morgan fingerprint density at radius 3 is 2.67 bits per heavy atom. The zero-order valence-electron chi connectivity index (χ0n) is 12.7. The highest BCUT2D eigenvalue weighted by Crippen LogP contribution is 2.30. The van der Waals surface area contributed by atoms with E-state index in [4.69, 9.17) is 17.0 Å². The maximum Gasteiger partial charge on any atom is 0.338 e. The number of rotatable bonds is 3. The van der Waals surface area contributed by atoms with E-state index < -0.39 is 0 Å². The number of benzene rings is 1. The summed E-state index contributed by atoms with van der Waals surface area (Å²) in [7, 11) is 0. The Bertz CT molecular complexity index is 623. The summed E-state index contributed by atoms with van der Waals surface area (Å²) in [5.74, 6) is -0.317. The molecular weight excluding hydrogens is 284 g/mol. The summed E-state index contributed by atoms with van der Waals surface area (Å²) in [6.45, 7) is 8.07. The Morgan fingerprint density at radius 1 is 1.33 bits per heavy atom. The number of carbonyl (C=O) groups is 1. The Morgan fingerprint density at radius 2 is 2.05 bits per heavy atom. The number of esters is 1. The van der Waals surface area contributed by atoms with Crippen molar-refractivity contribution in [1.29, 1.82) is 0 Å². The number of allylic oxidation sites excluding steroid dienone is 1. The van der Waals surface area contributed by atoms with E-state index >= 15 is 0 Å². The molecule has 5 heteroatoms. The molecule has 0 aliphatic carbocycles. The van der Waals surface area contributed by atoms with Crippen molar-refractivity contribution in [2.24, 2.45) is 0 Å². The molecule has 1 aromatic rings. The Labute approximate surface area is 130 Å². The van der Waals surface area contributed by atoms with Crippen LogP contribution in [0.5, 0.6) is 0 Å². The van der Waals surface area contributed by atoms with Crippen LogP contribution in [0.1, 0.15) is 36.6 Å². The zero-order chi connectivity index (χ0) is 15.6. The predicted octanol–water partition coefficient (Wildman–Crippen LogP) is 2.66. The molecule has 4 nitrogen and oxygen atoms in total. The quantitative estimate of drug-likeness (QED) is 0.664. The van der Waals surface area contributed by atoms with Gasteiger partial charge in [-0.2, -0.15) is 0 Å². The number of thiocarbonyl (C=S) groups is 1. The van der Waals surface area contributed by atoms with Crippen LogP contribution in [0, 0.1) is 13.8 Å². The zero-order valence-corrected chi connectivity index (χ0v) is 13.6. The molecule has 21 heavy (non-hydrogen) atoms. The van der Waals surface area contributed by atoms with E-state index in [0.29, 0.717) is 17.3 Å². The maximum absolute atomic E-state index is 12.3. The first-order valence-corrected chi connectivity index (χ1v) is 7.37. The van der Waals surface area contributed by atoms with Gasteiger partial charge in [0, 0.05) is 5.70 Å². The minimum atomic E-state index is -0.317. The standard InChI is InChI=1S/C16H20N2O2S/c1-5-20-15(19)13-11(4)17-16(21)18-14(13)12-7-6-9(2)8-10(12)3/h6-8,14H,5H2,1-4H3,(H2,17,18,21)/t14-/m1/s1. The predicted molar refractivity (Wildman–Crippen MR) is 86.9 cm³/mol. The van der Waals surface area contributed by atoms with Gasteiger partial charge in [0.05, 0.1) is 18.2 Å². The number of aryl methyl sites for hydroxylation is 2. The monoisotopic (exact) mass is 304 g/mol. The molecule has 1 aromatic carbocycles. The molecule has 0 amide bonds. The number of nitrogens with one attached hydrogen (secondary N) is 2. The van der Waals surface area contributed by atoms with Crippen LogP contribution in [0.25, 0.3) is 0 Å². The highest BCUT2D eigenvalue weighted by molar-refractivity contribution is 7.80. The molecule has 0 fully saturated rings. The van der Waals surface area contributed by atoms with Crippen LogP contribution in [0.4, 0.5) is 0 Å². The van der Waals surface area contributed by atoms with Crippen molar-refractivity contribution in [3.63, 3.8) is 0 Å². The molecule has 1 atom stereocenters. The van der Waals surface area contributed by atoms with Gasteiger partial charge in [-0.05, 0) is 51.0 Å². The smallest absolute Gasteiger partial charge is 0.338 e. The van der Waals surface area contributed by atoms with Gasteiger partial charge < -0.3 is 15.4 Å². The van der Waals surface area contributed by atoms with Gasteiger partial charge >= 0.3 is 5.97 Å². The lowest BCUT2D eigenvalue weighted by molar-refractivity contribution is -0.139. The van der Waals surface area contributed by atoms with Gasteiger partial charge in [0.15, 0.2) is 5.11 Å².